The van der Waals surface area contributed by atoms with Crippen LogP contribution in [-0.2, 0) is 11.3 Å². The Hall–Kier alpha value is -1.00. The number of likely N-dealkylation sites (N-methyl/N-ethyl adjacent to an activating group) is 1. The van der Waals surface area contributed by atoms with E-state index in [0.717, 1.165) is 26.1 Å². The number of carbonyl (C=O) groups is 1. The van der Waals surface area contributed by atoms with Crippen LogP contribution in [0.3, 0.4) is 0 Å². The predicted octanol–water partition coefficient (Wildman–Crippen LogP) is 3.10. The third-order valence-electron chi connectivity index (χ3n) is 4.03. The van der Waals surface area contributed by atoms with Crippen molar-refractivity contribution in [3.05, 3.63) is 29.8 Å². The fraction of sp³-hybridized carbons (Fsp3) is 0.588. The van der Waals surface area contributed by atoms with Crippen molar-refractivity contribution in [1.82, 2.24) is 9.80 Å². The zero-order chi connectivity index (χ0) is 15.2. The number of hydrogen-bond acceptors (Lipinski definition) is 3. The Labute approximate surface area is 132 Å². The third-order valence-corrected chi connectivity index (χ3v) is 4.77. The molecule has 2 rings (SSSR count). The zero-order valence-electron chi connectivity index (χ0n) is 13.3. The molecule has 1 amide bonds. The number of thioether (sulfide) groups is 1. The van der Waals surface area contributed by atoms with Crippen LogP contribution >= 0.6 is 11.8 Å². The van der Waals surface area contributed by atoms with E-state index in [4.69, 9.17) is 0 Å². The van der Waals surface area contributed by atoms with Crippen LogP contribution in [-0.4, -0.2) is 48.6 Å². The molecular formula is C17H26N2OS. The molecule has 0 bridgehead atoms. The van der Waals surface area contributed by atoms with Crippen LogP contribution in [0.25, 0.3) is 0 Å². The molecule has 1 saturated heterocycles. The summed E-state index contributed by atoms with van der Waals surface area (Å²) in [5.41, 5.74) is 1.26. The first-order valence-corrected chi connectivity index (χ1v) is 8.90. The molecule has 1 heterocycles. The lowest BCUT2D eigenvalue weighted by Gasteiger charge is -2.32. The summed E-state index contributed by atoms with van der Waals surface area (Å²) < 4.78 is 0. The van der Waals surface area contributed by atoms with Crippen LogP contribution in [0.4, 0.5) is 0 Å². The molecule has 1 aromatic rings. The fourth-order valence-corrected chi connectivity index (χ4v) is 3.25. The van der Waals surface area contributed by atoms with Crippen molar-refractivity contribution in [3.63, 3.8) is 0 Å². The van der Waals surface area contributed by atoms with Gasteiger partial charge in [0.15, 0.2) is 0 Å². The number of carbonyl (C=O) groups excluding carboxylic acids is 1. The Morgan fingerprint density at radius 1 is 1.38 bits per heavy atom. The van der Waals surface area contributed by atoms with Crippen LogP contribution in [0.15, 0.2) is 29.2 Å². The number of hydrogen-bond donors (Lipinski definition) is 0. The van der Waals surface area contributed by atoms with E-state index >= 15 is 0 Å². The molecule has 116 valence electrons. The van der Waals surface area contributed by atoms with Gasteiger partial charge in [0.25, 0.3) is 0 Å². The maximum Gasteiger partial charge on any atom is 0.236 e. The highest BCUT2D eigenvalue weighted by Crippen LogP contribution is 2.17. The number of nitrogens with zero attached hydrogens (tertiary/aromatic N) is 2. The number of benzene rings is 1. The van der Waals surface area contributed by atoms with E-state index in [0.29, 0.717) is 12.5 Å². The molecule has 21 heavy (non-hydrogen) atoms. The molecule has 4 heteroatoms. The Kier molecular flexibility index (Phi) is 6.12. The second-order valence-corrected chi connectivity index (χ2v) is 6.99. The Morgan fingerprint density at radius 2 is 2.10 bits per heavy atom. The highest BCUT2D eigenvalue weighted by Gasteiger charge is 2.21. The third kappa shape index (κ3) is 5.04. The van der Waals surface area contributed by atoms with Crippen molar-refractivity contribution >= 4 is 17.7 Å². The van der Waals surface area contributed by atoms with Crippen molar-refractivity contribution in [2.75, 3.05) is 32.9 Å². The highest BCUT2D eigenvalue weighted by molar-refractivity contribution is 7.98. The van der Waals surface area contributed by atoms with E-state index in [1.807, 2.05) is 11.9 Å². The van der Waals surface area contributed by atoms with E-state index < -0.39 is 0 Å². The van der Waals surface area contributed by atoms with Gasteiger partial charge in [-0.3, -0.25) is 9.69 Å². The van der Waals surface area contributed by atoms with Gasteiger partial charge in [0.2, 0.25) is 5.91 Å². The van der Waals surface area contributed by atoms with Crippen LogP contribution in [0.2, 0.25) is 0 Å². The molecule has 0 aromatic heterocycles. The molecule has 0 aliphatic carbocycles. The minimum Gasteiger partial charge on any atom is -0.341 e. The summed E-state index contributed by atoms with van der Waals surface area (Å²) in [5, 5.41) is 0. The molecular weight excluding hydrogens is 280 g/mol. The lowest BCUT2D eigenvalue weighted by molar-refractivity contribution is -0.133. The first-order chi connectivity index (χ1) is 10.1. The van der Waals surface area contributed by atoms with Crippen molar-refractivity contribution in [3.8, 4) is 0 Å². The lowest BCUT2D eigenvalue weighted by Crippen LogP contribution is -2.43. The number of piperidine rings is 1. The highest BCUT2D eigenvalue weighted by atomic mass is 32.2. The molecule has 3 nitrogen and oxygen atoms in total. The van der Waals surface area contributed by atoms with Gasteiger partial charge in [0.05, 0.1) is 6.54 Å². The largest absolute Gasteiger partial charge is 0.341 e. The van der Waals surface area contributed by atoms with Crippen LogP contribution < -0.4 is 0 Å². The second-order valence-electron chi connectivity index (χ2n) is 6.11. The summed E-state index contributed by atoms with van der Waals surface area (Å²) in [6.45, 7) is 5.42. The number of amides is 1. The molecule has 1 unspecified atom stereocenters. The quantitative estimate of drug-likeness (QED) is 0.781. The smallest absolute Gasteiger partial charge is 0.236 e. The Bertz CT molecular complexity index is 460. The maximum atomic E-state index is 12.3. The van der Waals surface area contributed by atoms with Crippen molar-refractivity contribution in [1.29, 1.82) is 0 Å². The van der Waals surface area contributed by atoms with Gasteiger partial charge in [-0.2, -0.15) is 0 Å². The summed E-state index contributed by atoms with van der Waals surface area (Å²) >= 11 is 1.75. The number of rotatable bonds is 5. The van der Waals surface area contributed by atoms with Crippen LogP contribution in [0.5, 0.6) is 0 Å². The van der Waals surface area contributed by atoms with Gasteiger partial charge in [-0.05, 0) is 49.8 Å². The summed E-state index contributed by atoms with van der Waals surface area (Å²) in [6.07, 6.45) is 4.48. The predicted molar refractivity (Wildman–Crippen MR) is 89.5 cm³/mol. The van der Waals surface area contributed by atoms with E-state index in [1.54, 1.807) is 11.8 Å². The molecule has 0 spiro atoms. The summed E-state index contributed by atoms with van der Waals surface area (Å²) in [6, 6.07) is 8.58. The molecule has 0 radical (unpaired) electrons. The van der Waals surface area contributed by atoms with Crippen molar-refractivity contribution < 1.29 is 4.79 Å². The first-order valence-electron chi connectivity index (χ1n) is 7.67. The molecule has 1 aliphatic rings. The van der Waals surface area contributed by atoms with Gasteiger partial charge in [-0.25, -0.2) is 0 Å². The first kappa shape index (κ1) is 16.4. The SMILES string of the molecule is CSc1ccc(CN(C)CC(=O)N2CCCC(C)C2)cc1. The average Bonchev–Trinajstić information content (AvgIpc) is 2.48. The molecule has 0 saturated carbocycles. The normalized spacial score (nSPS) is 19.0. The summed E-state index contributed by atoms with van der Waals surface area (Å²) in [4.78, 5) is 17.7. The lowest BCUT2D eigenvalue weighted by atomic mass is 10.0. The standard InChI is InChI=1S/C17H26N2OS/c1-14-5-4-10-19(11-14)17(20)13-18(2)12-15-6-8-16(21-3)9-7-15/h6-9,14H,4-5,10-13H2,1-3H3. The monoisotopic (exact) mass is 306 g/mol. The molecule has 1 fully saturated rings. The second kappa shape index (κ2) is 7.85. The molecule has 0 N–H and O–H groups in total. The van der Waals surface area contributed by atoms with E-state index in [-0.39, 0.29) is 5.91 Å². The van der Waals surface area contributed by atoms with Gasteiger partial charge in [-0.15, -0.1) is 11.8 Å². The van der Waals surface area contributed by atoms with Gasteiger partial charge < -0.3 is 4.90 Å². The van der Waals surface area contributed by atoms with Crippen LogP contribution in [0.1, 0.15) is 25.3 Å². The minimum absolute atomic E-state index is 0.268. The topological polar surface area (TPSA) is 23.6 Å². The van der Waals surface area contributed by atoms with Crippen molar-refractivity contribution in [2.45, 2.75) is 31.2 Å². The maximum absolute atomic E-state index is 12.3. The molecule has 1 aromatic carbocycles. The fourth-order valence-electron chi connectivity index (χ4n) is 2.85. The minimum atomic E-state index is 0.268. The summed E-state index contributed by atoms with van der Waals surface area (Å²) in [5.74, 6) is 0.914. The Morgan fingerprint density at radius 3 is 2.71 bits per heavy atom. The van der Waals surface area contributed by atoms with E-state index in [1.165, 1.54) is 16.9 Å². The van der Waals surface area contributed by atoms with E-state index in [2.05, 4.69) is 42.3 Å². The molecule has 1 aliphatic heterocycles. The van der Waals surface area contributed by atoms with Crippen molar-refractivity contribution in [2.24, 2.45) is 5.92 Å². The number of likely N-dealkylation sites (tertiary alicyclic amines) is 1. The summed E-state index contributed by atoms with van der Waals surface area (Å²) in [7, 11) is 2.02. The molecule has 1 atom stereocenters. The Balaban J connectivity index is 1.82. The van der Waals surface area contributed by atoms with E-state index in [9.17, 15) is 4.79 Å². The van der Waals surface area contributed by atoms with Gasteiger partial charge in [0, 0.05) is 24.5 Å². The van der Waals surface area contributed by atoms with Gasteiger partial charge in [-0.1, -0.05) is 19.1 Å². The van der Waals surface area contributed by atoms with Gasteiger partial charge in [0.1, 0.15) is 0 Å². The van der Waals surface area contributed by atoms with Gasteiger partial charge >= 0.3 is 0 Å². The zero-order valence-corrected chi connectivity index (χ0v) is 14.2. The van der Waals surface area contributed by atoms with Crippen LogP contribution in [0, 0.1) is 5.92 Å². The average molecular weight is 306 g/mol.